The number of fused-ring (bicyclic) bond motifs is 1. The number of halogens is 1. The molecule has 0 saturated heterocycles. The Labute approximate surface area is 181 Å². The zero-order valence-corrected chi connectivity index (χ0v) is 17.9. The van der Waals surface area contributed by atoms with Gasteiger partial charge in [-0.3, -0.25) is 19.7 Å². The lowest BCUT2D eigenvalue weighted by Gasteiger charge is -2.23. The number of nitrogens with zero attached hydrogens (tertiary/aromatic N) is 4. The highest BCUT2D eigenvalue weighted by atomic mass is 79.9. The van der Waals surface area contributed by atoms with Gasteiger partial charge in [0, 0.05) is 30.3 Å². The van der Waals surface area contributed by atoms with Crippen molar-refractivity contribution in [3.63, 3.8) is 0 Å². The van der Waals surface area contributed by atoms with Gasteiger partial charge < -0.3 is 15.0 Å². The molecule has 0 fully saturated rings. The number of H-pyrrole nitrogens is 1. The van der Waals surface area contributed by atoms with E-state index in [0.29, 0.717) is 23.7 Å². The molecule has 2 atom stereocenters. The first-order valence-electron chi connectivity index (χ1n) is 9.27. The number of hydrogen-bond acceptors (Lipinski definition) is 6. The number of ether oxygens (including phenoxy) is 1. The van der Waals surface area contributed by atoms with Gasteiger partial charge in [-0.15, -0.1) is 5.10 Å². The molecule has 1 aromatic carbocycles. The zero-order valence-electron chi connectivity index (χ0n) is 16.3. The minimum Gasteiger partial charge on any atom is -0.486 e. The molecular formula is C20H19BrN6O3. The minimum atomic E-state index is -0.894. The van der Waals surface area contributed by atoms with Crippen molar-refractivity contribution in [2.75, 3.05) is 11.9 Å². The summed E-state index contributed by atoms with van der Waals surface area (Å²) >= 11 is 3.40. The van der Waals surface area contributed by atoms with Crippen LogP contribution in [0.5, 0.6) is 5.75 Å². The van der Waals surface area contributed by atoms with Gasteiger partial charge in [0.2, 0.25) is 5.82 Å². The SMILES string of the molecule is C[C@H]1Oc2ccc(Br)cc2N(C)C(=O)[C@H]1NC(=O)c1n[nH]c(Cc2cccnc2)n1. The highest BCUT2D eigenvalue weighted by Gasteiger charge is 2.36. The molecule has 0 radical (unpaired) electrons. The fourth-order valence-electron chi connectivity index (χ4n) is 3.21. The summed E-state index contributed by atoms with van der Waals surface area (Å²) in [5, 5.41) is 9.44. The van der Waals surface area contributed by atoms with E-state index in [2.05, 4.69) is 41.4 Å². The smallest absolute Gasteiger partial charge is 0.291 e. The van der Waals surface area contributed by atoms with Gasteiger partial charge in [0.1, 0.15) is 23.7 Å². The maximum absolute atomic E-state index is 13.0. The molecule has 0 bridgehead atoms. The maximum atomic E-state index is 13.0. The second-order valence-corrected chi connectivity index (χ2v) is 7.84. The maximum Gasteiger partial charge on any atom is 0.291 e. The van der Waals surface area contributed by atoms with E-state index in [-0.39, 0.29) is 11.7 Å². The Morgan fingerprint density at radius 3 is 2.97 bits per heavy atom. The fraction of sp³-hybridized carbons (Fsp3) is 0.250. The van der Waals surface area contributed by atoms with Gasteiger partial charge in [-0.05, 0) is 36.8 Å². The zero-order chi connectivity index (χ0) is 21.3. The van der Waals surface area contributed by atoms with Crippen LogP contribution in [0, 0.1) is 0 Å². The Hall–Kier alpha value is -3.27. The number of pyridine rings is 1. The van der Waals surface area contributed by atoms with Crippen molar-refractivity contribution in [3.05, 3.63) is 64.4 Å². The number of nitrogens with one attached hydrogen (secondary N) is 2. The summed E-state index contributed by atoms with van der Waals surface area (Å²) in [6, 6.07) is 8.25. The number of likely N-dealkylation sites (N-methyl/N-ethyl adjacent to an activating group) is 1. The second-order valence-electron chi connectivity index (χ2n) is 6.93. The third-order valence-electron chi connectivity index (χ3n) is 4.78. The average molecular weight is 471 g/mol. The average Bonchev–Trinajstić information content (AvgIpc) is 3.18. The van der Waals surface area contributed by atoms with E-state index in [1.54, 1.807) is 38.5 Å². The molecule has 1 aliphatic rings. The van der Waals surface area contributed by atoms with Gasteiger partial charge >= 0.3 is 0 Å². The van der Waals surface area contributed by atoms with E-state index in [1.807, 2.05) is 18.2 Å². The van der Waals surface area contributed by atoms with E-state index < -0.39 is 18.1 Å². The fourth-order valence-corrected chi connectivity index (χ4v) is 3.55. The molecule has 3 aromatic rings. The van der Waals surface area contributed by atoms with Gasteiger partial charge in [-0.25, -0.2) is 4.98 Å². The summed E-state index contributed by atoms with van der Waals surface area (Å²) in [5.41, 5.74) is 1.56. The molecule has 4 rings (SSSR count). The van der Waals surface area contributed by atoms with Crippen molar-refractivity contribution in [2.45, 2.75) is 25.5 Å². The van der Waals surface area contributed by atoms with Crippen molar-refractivity contribution in [1.29, 1.82) is 0 Å². The molecule has 2 amide bonds. The lowest BCUT2D eigenvalue weighted by molar-refractivity contribution is -0.121. The Kier molecular flexibility index (Phi) is 5.49. The Morgan fingerprint density at radius 1 is 1.37 bits per heavy atom. The molecule has 0 aliphatic carbocycles. The number of benzene rings is 1. The van der Waals surface area contributed by atoms with Gasteiger partial charge in [-0.1, -0.05) is 22.0 Å². The number of hydrogen-bond donors (Lipinski definition) is 2. The molecule has 1 aliphatic heterocycles. The molecule has 2 aromatic heterocycles. The van der Waals surface area contributed by atoms with Crippen molar-refractivity contribution in [2.24, 2.45) is 0 Å². The molecule has 154 valence electrons. The highest BCUT2D eigenvalue weighted by molar-refractivity contribution is 9.10. The normalized spacial score (nSPS) is 18.4. The summed E-state index contributed by atoms with van der Waals surface area (Å²) in [6.45, 7) is 1.74. The number of aromatic amines is 1. The standard InChI is InChI=1S/C20H19BrN6O3/c1-11-17(20(29)27(2)14-9-13(21)5-6-15(14)30-11)24-19(28)18-23-16(25-26-18)8-12-4-3-7-22-10-12/h3-7,9-11,17H,8H2,1-2H3,(H,24,28)(H,23,25,26)/t11-,17+/m1/s1. The van der Waals surface area contributed by atoms with E-state index in [1.165, 1.54) is 4.90 Å². The third-order valence-corrected chi connectivity index (χ3v) is 5.27. The van der Waals surface area contributed by atoms with Crippen LogP contribution in [0.4, 0.5) is 5.69 Å². The molecule has 0 spiro atoms. The molecule has 0 unspecified atom stereocenters. The third kappa shape index (κ3) is 4.04. The Balaban J connectivity index is 1.50. The number of carbonyl (C=O) groups excluding carboxylic acids is 2. The van der Waals surface area contributed by atoms with E-state index >= 15 is 0 Å². The monoisotopic (exact) mass is 470 g/mol. The summed E-state index contributed by atoms with van der Waals surface area (Å²) in [7, 11) is 1.65. The van der Waals surface area contributed by atoms with Gasteiger partial charge in [0.15, 0.2) is 0 Å². The summed E-state index contributed by atoms with van der Waals surface area (Å²) in [4.78, 5) is 35.5. The van der Waals surface area contributed by atoms with Crippen molar-refractivity contribution < 1.29 is 14.3 Å². The topological polar surface area (TPSA) is 113 Å². The number of rotatable bonds is 4. The van der Waals surface area contributed by atoms with Gasteiger partial charge in [-0.2, -0.15) is 0 Å². The number of aromatic nitrogens is 4. The van der Waals surface area contributed by atoms with Crippen LogP contribution in [0.15, 0.2) is 47.2 Å². The molecule has 9 nitrogen and oxygen atoms in total. The van der Waals surface area contributed by atoms with Crippen LogP contribution in [-0.2, 0) is 11.2 Å². The lowest BCUT2D eigenvalue weighted by Crippen LogP contribution is -2.53. The molecule has 30 heavy (non-hydrogen) atoms. The van der Waals surface area contributed by atoms with Crippen LogP contribution in [0.1, 0.15) is 28.9 Å². The predicted octanol–water partition coefficient (Wildman–Crippen LogP) is 2.10. The summed E-state index contributed by atoms with van der Waals surface area (Å²) in [6.07, 6.45) is 3.28. The van der Waals surface area contributed by atoms with Crippen LogP contribution in [-0.4, -0.2) is 51.2 Å². The first-order valence-corrected chi connectivity index (χ1v) is 10.1. The molecule has 10 heteroatoms. The Morgan fingerprint density at radius 2 is 2.20 bits per heavy atom. The van der Waals surface area contributed by atoms with Crippen molar-refractivity contribution in [3.8, 4) is 5.75 Å². The highest BCUT2D eigenvalue weighted by Crippen LogP contribution is 2.34. The van der Waals surface area contributed by atoms with E-state index in [0.717, 1.165) is 10.0 Å². The van der Waals surface area contributed by atoms with Gasteiger partial charge in [0.05, 0.1) is 5.69 Å². The van der Waals surface area contributed by atoms with Crippen LogP contribution in [0.2, 0.25) is 0 Å². The van der Waals surface area contributed by atoms with Gasteiger partial charge in [0.25, 0.3) is 11.8 Å². The predicted molar refractivity (Wildman–Crippen MR) is 112 cm³/mol. The van der Waals surface area contributed by atoms with E-state index in [9.17, 15) is 9.59 Å². The number of amides is 2. The van der Waals surface area contributed by atoms with Crippen LogP contribution >= 0.6 is 15.9 Å². The van der Waals surface area contributed by atoms with Crippen LogP contribution in [0.3, 0.4) is 0 Å². The molecule has 0 saturated carbocycles. The lowest BCUT2D eigenvalue weighted by atomic mass is 10.1. The molecule has 3 heterocycles. The number of anilines is 1. The largest absolute Gasteiger partial charge is 0.486 e. The van der Waals surface area contributed by atoms with E-state index in [4.69, 9.17) is 4.74 Å². The minimum absolute atomic E-state index is 0.0407. The van der Waals surface area contributed by atoms with Crippen molar-refractivity contribution >= 4 is 33.4 Å². The summed E-state index contributed by atoms with van der Waals surface area (Å²) < 4.78 is 6.75. The molecular weight excluding hydrogens is 452 g/mol. The first kappa shape index (κ1) is 20.0. The second kappa shape index (κ2) is 8.23. The van der Waals surface area contributed by atoms with Crippen LogP contribution in [0.25, 0.3) is 0 Å². The Bertz CT molecular complexity index is 1090. The van der Waals surface area contributed by atoms with Crippen molar-refractivity contribution in [1.82, 2.24) is 25.5 Å². The molecule has 2 N–H and O–H groups in total. The summed E-state index contributed by atoms with van der Waals surface area (Å²) in [5.74, 6) is 0.201. The van der Waals surface area contributed by atoms with Crippen LogP contribution < -0.4 is 15.0 Å². The quantitative estimate of drug-likeness (QED) is 0.603. The number of carbonyl (C=O) groups is 2. The first-order chi connectivity index (χ1) is 14.4.